The van der Waals surface area contributed by atoms with Crippen LogP contribution in [0.25, 0.3) is 0 Å². The van der Waals surface area contributed by atoms with E-state index in [0.717, 1.165) is 16.0 Å². The molecule has 1 atom stereocenters. The summed E-state index contributed by atoms with van der Waals surface area (Å²) in [5, 5.41) is 14.1. The first-order valence-electron chi connectivity index (χ1n) is 5.99. The summed E-state index contributed by atoms with van der Waals surface area (Å²) in [6, 6.07) is 7.49. The molecule has 0 aliphatic rings. The molecule has 0 fully saturated rings. The molecule has 2 aromatic rings. The van der Waals surface area contributed by atoms with Gasteiger partial charge in [-0.3, -0.25) is 0 Å². The van der Waals surface area contributed by atoms with Crippen LogP contribution in [0.2, 0.25) is 0 Å². The fourth-order valence-corrected chi connectivity index (χ4v) is 1.97. The van der Waals surface area contributed by atoms with Crippen molar-refractivity contribution in [2.45, 2.75) is 26.5 Å². The van der Waals surface area contributed by atoms with Gasteiger partial charge >= 0.3 is 0 Å². The molecule has 1 unspecified atom stereocenters. The summed E-state index contributed by atoms with van der Waals surface area (Å²) in [5.41, 5.74) is 0. The molecule has 1 heterocycles. The maximum Gasteiger partial charge on any atom is 0.147 e. The van der Waals surface area contributed by atoms with E-state index in [1.54, 1.807) is 4.68 Å². The van der Waals surface area contributed by atoms with Gasteiger partial charge in [-0.2, -0.15) is 5.10 Å². The van der Waals surface area contributed by atoms with E-state index in [2.05, 4.69) is 26.0 Å². The molecule has 0 amide bonds. The van der Waals surface area contributed by atoms with Gasteiger partial charge in [0.2, 0.25) is 0 Å². The largest absolute Gasteiger partial charge is 0.491 e. The Morgan fingerprint density at radius 1 is 1.32 bits per heavy atom. The number of aliphatic hydroxyl groups is 1. The Hall–Kier alpha value is -1.40. The second-order valence-electron chi connectivity index (χ2n) is 4.31. The normalized spacial score (nSPS) is 12.4. The van der Waals surface area contributed by atoms with Gasteiger partial charge in [0.05, 0.1) is 6.54 Å². The van der Waals surface area contributed by atoms with Crippen LogP contribution >= 0.6 is 15.9 Å². The zero-order valence-corrected chi connectivity index (χ0v) is 12.5. The third-order valence-electron chi connectivity index (χ3n) is 2.60. The molecule has 0 radical (unpaired) electrons. The summed E-state index contributed by atoms with van der Waals surface area (Å²) < 4.78 is 8.19. The van der Waals surface area contributed by atoms with Gasteiger partial charge in [-0.25, -0.2) is 9.67 Å². The minimum atomic E-state index is -0.622. The van der Waals surface area contributed by atoms with Crippen molar-refractivity contribution in [3.8, 4) is 5.75 Å². The molecule has 0 bridgehead atoms. The van der Waals surface area contributed by atoms with Crippen molar-refractivity contribution in [2.75, 3.05) is 6.61 Å². The Morgan fingerprint density at radius 3 is 2.58 bits per heavy atom. The monoisotopic (exact) mass is 325 g/mol. The van der Waals surface area contributed by atoms with Gasteiger partial charge in [-0.1, -0.05) is 15.9 Å². The van der Waals surface area contributed by atoms with Crippen LogP contribution in [0.5, 0.6) is 5.75 Å². The summed E-state index contributed by atoms with van der Waals surface area (Å²) in [6.45, 7) is 4.29. The topological polar surface area (TPSA) is 60.2 Å². The van der Waals surface area contributed by atoms with E-state index in [4.69, 9.17) is 4.74 Å². The maximum atomic E-state index is 9.93. The number of rotatable bonds is 5. The molecular formula is C13H16BrN3O2. The molecule has 6 heteroatoms. The van der Waals surface area contributed by atoms with E-state index in [9.17, 15) is 5.11 Å². The van der Waals surface area contributed by atoms with Gasteiger partial charge < -0.3 is 9.84 Å². The zero-order chi connectivity index (χ0) is 13.8. The SMILES string of the molecule is Cc1nc(C)n(CC(O)COc2ccc(Br)cc2)n1. The molecule has 102 valence electrons. The highest BCUT2D eigenvalue weighted by molar-refractivity contribution is 9.10. The first-order valence-corrected chi connectivity index (χ1v) is 6.78. The van der Waals surface area contributed by atoms with Crippen molar-refractivity contribution in [3.05, 3.63) is 40.4 Å². The van der Waals surface area contributed by atoms with Gasteiger partial charge in [-0.05, 0) is 38.1 Å². The van der Waals surface area contributed by atoms with E-state index in [1.807, 2.05) is 38.1 Å². The van der Waals surface area contributed by atoms with Crippen LogP contribution < -0.4 is 4.74 Å². The summed E-state index contributed by atoms with van der Waals surface area (Å²) in [6.07, 6.45) is -0.622. The van der Waals surface area contributed by atoms with Gasteiger partial charge in [0.1, 0.15) is 30.1 Å². The van der Waals surface area contributed by atoms with Crippen molar-refractivity contribution in [3.63, 3.8) is 0 Å². The zero-order valence-electron chi connectivity index (χ0n) is 10.9. The quantitative estimate of drug-likeness (QED) is 0.914. The first-order chi connectivity index (χ1) is 9.04. The van der Waals surface area contributed by atoms with Crippen LogP contribution in [-0.2, 0) is 6.54 Å². The number of halogens is 1. The smallest absolute Gasteiger partial charge is 0.147 e. The van der Waals surface area contributed by atoms with Crippen LogP contribution in [0.4, 0.5) is 0 Å². The molecular weight excluding hydrogens is 310 g/mol. The highest BCUT2D eigenvalue weighted by atomic mass is 79.9. The van der Waals surface area contributed by atoms with E-state index < -0.39 is 6.10 Å². The van der Waals surface area contributed by atoms with Crippen LogP contribution in [0.3, 0.4) is 0 Å². The number of aliphatic hydroxyl groups excluding tert-OH is 1. The molecule has 0 aliphatic carbocycles. The highest BCUT2D eigenvalue weighted by Gasteiger charge is 2.10. The van der Waals surface area contributed by atoms with Crippen LogP contribution in [0.1, 0.15) is 11.6 Å². The molecule has 2 rings (SSSR count). The fourth-order valence-electron chi connectivity index (χ4n) is 1.71. The summed E-state index contributed by atoms with van der Waals surface area (Å²) in [7, 11) is 0. The lowest BCUT2D eigenvalue weighted by molar-refractivity contribution is 0.0886. The van der Waals surface area contributed by atoms with E-state index in [1.165, 1.54) is 0 Å². The van der Waals surface area contributed by atoms with E-state index >= 15 is 0 Å². The Morgan fingerprint density at radius 2 is 2.00 bits per heavy atom. The van der Waals surface area contributed by atoms with Gasteiger partial charge in [0, 0.05) is 4.47 Å². The maximum absolute atomic E-state index is 9.93. The highest BCUT2D eigenvalue weighted by Crippen LogP contribution is 2.16. The predicted molar refractivity (Wildman–Crippen MR) is 75.1 cm³/mol. The third-order valence-corrected chi connectivity index (χ3v) is 3.13. The summed E-state index contributed by atoms with van der Waals surface area (Å²) in [5.74, 6) is 2.23. The first kappa shape index (κ1) is 14.0. The van der Waals surface area contributed by atoms with Crippen molar-refractivity contribution >= 4 is 15.9 Å². The second kappa shape index (κ2) is 6.16. The number of nitrogens with zero attached hydrogens (tertiary/aromatic N) is 3. The Balaban J connectivity index is 1.86. The number of aryl methyl sites for hydroxylation is 2. The van der Waals surface area contributed by atoms with Crippen molar-refractivity contribution in [1.29, 1.82) is 0 Å². The molecule has 0 aliphatic heterocycles. The average molecular weight is 326 g/mol. The third kappa shape index (κ3) is 4.04. The lowest BCUT2D eigenvalue weighted by Crippen LogP contribution is -2.24. The molecule has 1 N–H and O–H groups in total. The lowest BCUT2D eigenvalue weighted by atomic mass is 10.3. The average Bonchev–Trinajstić information content (AvgIpc) is 2.67. The molecule has 0 saturated heterocycles. The minimum absolute atomic E-state index is 0.222. The van der Waals surface area contributed by atoms with Gasteiger partial charge in [0.25, 0.3) is 0 Å². The van der Waals surface area contributed by atoms with Crippen molar-refractivity contribution < 1.29 is 9.84 Å². The van der Waals surface area contributed by atoms with Gasteiger partial charge in [0.15, 0.2) is 0 Å². The van der Waals surface area contributed by atoms with Crippen LogP contribution in [-0.4, -0.2) is 32.6 Å². The Labute approximate surface area is 120 Å². The molecule has 19 heavy (non-hydrogen) atoms. The van der Waals surface area contributed by atoms with E-state index in [0.29, 0.717) is 12.4 Å². The number of hydrogen-bond acceptors (Lipinski definition) is 4. The standard InChI is InChI=1S/C13H16BrN3O2/c1-9-15-10(2)17(16-9)7-12(18)8-19-13-5-3-11(14)4-6-13/h3-6,12,18H,7-8H2,1-2H3. The van der Waals surface area contributed by atoms with Crippen molar-refractivity contribution in [2.24, 2.45) is 0 Å². The minimum Gasteiger partial charge on any atom is -0.491 e. The predicted octanol–water partition coefficient (Wildman–Crippen LogP) is 2.10. The molecule has 5 nitrogen and oxygen atoms in total. The molecule has 0 spiro atoms. The summed E-state index contributed by atoms with van der Waals surface area (Å²) >= 11 is 3.36. The molecule has 1 aromatic heterocycles. The molecule has 1 aromatic carbocycles. The van der Waals surface area contributed by atoms with Crippen LogP contribution in [0, 0.1) is 13.8 Å². The Kier molecular flexibility index (Phi) is 4.55. The molecule has 0 saturated carbocycles. The fraction of sp³-hybridized carbons (Fsp3) is 0.385. The number of aromatic nitrogens is 3. The Bertz CT molecular complexity index is 539. The van der Waals surface area contributed by atoms with Crippen LogP contribution in [0.15, 0.2) is 28.7 Å². The van der Waals surface area contributed by atoms with E-state index in [-0.39, 0.29) is 6.61 Å². The van der Waals surface area contributed by atoms with Gasteiger partial charge in [-0.15, -0.1) is 0 Å². The number of ether oxygens (including phenoxy) is 1. The number of hydrogen-bond donors (Lipinski definition) is 1. The van der Waals surface area contributed by atoms with Crippen molar-refractivity contribution in [1.82, 2.24) is 14.8 Å². The lowest BCUT2D eigenvalue weighted by Gasteiger charge is -2.13. The second-order valence-corrected chi connectivity index (χ2v) is 5.22. The summed E-state index contributed by atoms with van der Waals surface area (Å²) in [4.78, 5) is 4.19. The number of benzene rings is 1.